The van der Waals surface area contributed by atoms with Gasteiger partial charge in [0.1, 0.15) is 0 Å². The van der Waals surface area contributed by atoms with E-state index in [9.17, 15) is 0 Å². The molecule has 0 aromatic carbocycles. The second kappa shape index (κ2) is 14.3. The molecule has 0 aromatic heterocycles. The third-order valence-electron chi connectivity index (χ3n) is 7.27. The van der Waals surface area contributed by atoms with Gasteiger partial charge in [-0.3, -0.25) is 0 Å². The van der Waals surface area contributed by atoms with Crippen molar-refractivity contribution in [3.8, 4) is 0 Å². The first kappa shape index (κ1) is 24.6. The van der Waals surface area contributed by atoms with Crippen LogP contribution in [0.4, 0.5) is 0 Å². The fourth-order valence-electron chi connectivity index (χ4n) is 4.89. The zero-order valence-electron chi connectivity index (χ0n) is 19.2. The molecule has 0 aromatic rings. The standard InChI is InChI=1S/C25H48N4/c1-3-21(17-29-19-25-12-8-23(15-27)9-13-25)5-4-20(2)16-28-18-24-10-6-22(14-26)7-11-24/h3-5,20,22-25,28-29H,6-19,26-27H2,1-2H3/b5-4-,21-3+. The molecule has 4 heteroatoms. The van der Waals surface area contributed by atoms with Crippen molar-refractivity contribution in [2.24, 2.45) is 41.1 Å². The zero-order chi connectivity index (χ0) is 20.9. The summed E-state index contributed by atoms with van der Waals surface area (Å²) in [6.45, 7) is 10.6. The predicted octanol–water partition coefficient (Wildman–Crippen LogP) is 3.83. The van der Waals surface area contributed by atoms with E-state index in [1.807, 2.05) is 0 Å². The quantitative estimate of drug-likeness (QED) is 0.373. The van der Waals surface area contributed by atoms with E-state index in [2.05, 4.69) is 42.7 Å². The van der Waals surface area contributed by atoms with Crippen molar-refractivity contribution >= 4 is 0 Å². The van der Waals surface area contributed by atoms with Crippen LogP contribution < -0.4 is 22.1 Å². The lowest BCUT2D eigenvalue weighted by molar-refractivity contribution is 0.271. The van der Waals surface area contributed by atoms with Gasteiger partial charge in [0.25, 0.3) is 0 Å². The van der Waals surface area contributed by atoms with Crippen molar-refractivity contribution in [1.29, 1.82) is 0 Å². The van der Waals surface area contributed by atoms with Gasteiger partial charge in [-0.2, -0.15) is 0 Å². The van der Waals surface area contributed by atoms with Crippen LogP contribution in [-0.2, 0) is 0 Å². The summed E-state index contributed by atoms with van der Waals surface area (Å²) in [5, 5.41) is 7.38. The molecule has 0 heterocycles. The molecular weight excluding hydrogens is 356 g/mol. The molecule has 6 N–H and O–H groups in total. The average Bonchev–Trinajstić information content (AvgIpc) is 2.77. The van der Waals surface area contributed by atoms with Crippen LogP contribution in [0.2, 0.25) is 0 Å². The SMILES string of the molecule is C/C=C(\C=C/C(C)CNCC1CCC(CN)CC1)CNCC1CCC(CN)CC1. The third-order valence-corrected chi connectivity index (χ3v) is 7.27. The largest absolute Gasteiger partial charge is 0.330 e. The Hall–Kier alpha value is -0.680. The fraction of sp³-hybridized carbons (Fsp3) is 0.840. The Labute approximate surface area is 180 Å². The van der Waals surface area contributed by atoms with Crippen LogP contribution in [0.15, 0.2) is 23.8 Å². The topological polar surface area (TPSA) is 76.1 Å². The van der Waals surface area contributed by atoms with Crippen LogP contribution in [0, 0.1) is 29.6 Å². The van der Waals surface area contributed by atoms with Crippen molar-refractivity contribution in [3.63, 3.8) is 0 Å². The van der Waals surface area contributed by atoms with Gasteiger partial charge in [0, 0.05) is 13.1 Å². The summed E-state index contributed by atoms with van der Waals surface area (Å²) in [5.74, 6) is 3.81. The van der Waals surface area contributed by atoms with Crippen molar-refractivity contribution in [3.05, 3.63) is 23.8 Å². The Morgan fingerprint density at radius 3 is 1.79 bits per heavy atom. The summed E-state index contributed by atoms with van der Waals surface area (Å²) in [4.78, 5) is 0. The molecule has 1 unspecified atom stereocenters. The van der Waals surface area contributed by atoms with Crippen molar-refractivity contribution < 1.29 is 0 Å². The first-order valence-corrected chi connectivity index (χ1v) is 12.3. The van der Waals surface area contributed by atoms with Crippen LogP contribution in [0.3, 0.4) is 0 Å². The summed E-state index contributed by atoms with van der Waals surface area (Å²) in [7, 11) is 0. The Morgan fingerprint density at radius 2 is 1.31 bits per heavy atom. The van der Waals surface area contributed by atoms with Gasteiger partial charge in [0.15, 0.2) is 0 Å². The second-order valence-electron chi connectivity index (χ2n) is 9.73. The molecule has 0 saturated heterocycles. The molecule has 2 rings (SSSR count). The molecule has 168 valence electrons. The van der Waals surface area contributed by atoms with Gasteiger partial charge >= 0.3 is 0 Å². The third kappa shape index (κ3) is 9.78. The van der Waals surface area contributed by atoms with Gasteiger partial charge < -0.3 is 22.1 Å². The monoisotopic (exact) mass is 404 g/mol. The predicted molar refractivity (Wildman–Crippen MR) is 127 cm³/mol. The van der Waals surface area contributed by atoms with Crippen LogP contribution in [0.5, 0.6) is 0 Å². The molecule has 2 aliphatic rings. The van der Waals surface area contributed by atoms with Gasteiger partial charge in [-0.05, 0) is 120 Å². The minimum absolute atomic E-state index is 0.567. The molecule has 0 radical (unpaired) electrons. The molecule has 2 fully saturated rings. The molecule has 29 heavy (non-hydrogen) atoms. The highest BCUT2D eigenvalue weighted by Crippen LogP contribution is 2.28. The maximum absolute atomic E-state index is 5.80. The number of allylic oxidation sites excluding steroid dienone is 1. The number of hydrogen-bond acceptors (Lipinski definition) is 4. The van der Waals surface area contributed by atoms with Gasteiger partial charge in [-0.25, -0.2) is 0 Å². The Kier molecular flexibility index (Phi) is 12.2. The van der Waals surface area contributed by atoms with E-state index in [4.69, 9.17) is 11.5 Å². The molecule has 0 bridgehead atoms. The van der Waals surface area contributed by atoms with Crippen molar-refractivity contribution in [2.45, 2.75) is 65.2 Å². The lowest BCUT2D eigenvalue weighted by Crippen LogP contribution is -2.30. The van der Waals surface area contributed by atoms with E-state index in [0.717, 1.165) is 56.4 Å². The van der Waals surface area contributed by atoms with Gasteiger partial charge in [-0.1, -0.05) is 25.2 Å². The van der Waals surface area contributed by atoms with E-state index in [1.54, 1.807) is 0 Å². The minimum Gasteiger partial charge on any atom is -0.330 e. The first-order chi connectivity index (χ1) is 14.1. The van der Waals surface area contributed by atoms with Crippen LogP contribution >= 0.6 is 0 Å². The highest BCUT2D eigenvalue weighted by molar-refractivity contribution is 5.20. The summed E-state index contributed by atoms with van der Waals surface area (Å²) in [5.41, 5.74) is 13.0. The summed E-state index contributed by atoms with van der Waals surface area (Å²) < 4.78 is 0. The Bertz CT molecular complexity index is 471. The van der Waals surface area contributed by atoms with E-state index in [-0.39, 0.29) is 0 Å². The van der Waals surface area contributed by atoms with Crippen LogP contribution in [-0.4, -0.2) is 39.3 Å². The maximum Gasteiger partial charge on any atom is 0.0202 e. The molecule has 0 amide bonds. The lowest BCUT2D eigenvalue weighted by Gasteiger charge is -2.28. The van der Waals surface area contributed by atoms with Gasteiger partial charge in [-0.15, -0.1) is 0 Å². The average molecular weight is 405 g/mol. The summed E-state index contributed by atoms with van der Waals surface area (Å²) in [6.07, 6.45) is 17.6. The zero-order valence-corrected chi connectivity index (χ0v) is 19.2. The Morgan fingerprint density at radius 1 is 0.828 bits per heavy atom. The minimum atomic E-state index is 0.567. The number of hydrogen-bond donors (Lipinski definition) is 4. The first-order valence-electron chi connectivity index (χ1n) is 12.3. The summed E-state index contributed by atoms with van der Waals surface area (Å²) in [6, 6.07) is 0. The van der Waals surface area contributed by atoms with E-state index in [0.29, 0.717) is 5.92 Å². The molecule has 0 aliphatic heterocycles. The fourth-order valence-corrected chi connectivity index (χ4v) is 4.89. The molecule has 2 aliphatic carbocycles. The molecule has 4 nitrogen and oxygen atoms in total. The Balaban J connectivity index is 1.55. The van der Waals surface area contributed by atoms with Gasteiger partial charge in [0.2, 0.25) is 0 Å². The smallest absolute Gasteiger partial charge is 0.0202 e. The normalized spacial score (nSPS) is 30.0. The van der Waals surface area contributed by atoms with E-state index >= 15 is 0 Å². The van der Waals surface area contributed by atoms with E-state index in [1.165, 1.54) is 63.5 Å². The van der Waals surface area contributed by atoms with E-state index < -0.39 is 0 Å². The van der Waals surface area contributed by atoms with Crippen LogP contribution in [0.25, 0.3) is 0 Å². The molecule has 2 saturated carbocycles. The van der Waals surface area contributed by atoms with Crippen molar-refractivity contribution in [1.82, 2.24) is 10.6 Å². The number of rotatable bonds is 12. The number of nitrogens with one attached hydrogen (secondary N) is 2. The van der Waals surface area contributed by atoms with Crippen LogP contribution in [0.1, 0.15) is 65.2 Å². The molecule has 0 spiro atoms. The van der Waals surface area contributed by atoms with Crippen molar-refractivity contribution in [2.75, 3.05) is 39.3 Å². The van der Waals surface area contributed by atoms with Gasteiger partial charge in [0.05, 0.1) is 0 Å². The summed E-state index contributed by atoms with van der Waals surface area (Å²) >= 11 is 0. The molecule has 1 atom stereocenters. The number of nitrogens with two attached hydrogens (primary N) is 2. The highest BCUT2D eigenvalue weighted by Gasteiger charge is 2.20. The molecular formula is C25H48N4. The second-order valence-corrected chi connectivity index (χ2v) is 9.73. The highest BCUT2D eigenvalue weighted by atomic mass is 14.9. The lowest BCUT2D eigenvalue weighted by atomic mass is 9.82. The maximum atomic E-state index is 5.80.